The summed E-state index contributed by atoms with van der Waals surface area (Å²) >= 11 is 3.43. The molecule has 1 aromatic rings. The van der Waals surface area contributed by atoms with Crippen molar-refractivity contribution in [3.8, 4) is 5.75 Å². The molecule has 3 N–H and O–H groups in total. The first-order valence-corrected chi connectivity index (χ1v) is 8.25. The fourth-order valence-corrected chi connectivity index (χ4v) is 3.40. The van der Waals surface area contributed by atoms with Crippen LogP contribution < -0.4 is 15.8 Å². The first-order valence-electron chi connectivity index (χ1n) is 7.46. The number of benzene rings is 1. The average molecular weight is 355 g/mol. The number of carbonyl (C=O) groups excluding carboxylic acids is 1. The summed E-state index contributed by atoms with van der Waals surface area (Å²) in [5.41, 5.74) is 6.70. The number of methoxy groups -OCH3 is 1. The fourth-order valence-electron chi connectivity index (χ4n) is 3.00. The van der Waals surface area contributed by atoms with Crippen LogP contribution in [0.3, 0.4) is 0 Å². The van der Waals surface area contributed by atoms with Gasteiger partial charge in [0.05, 0.1) is 13.5 Å². The Hall–Kier alpha value is -1.07. The van der Waals surface area contributed by atoms with E-state index in [-0.39, 0.29) is 11.9 Å². The number of amides is 1. The summed E-state index contributed by atoms with van der Waals surface area (Å²) in [7, 11) is 1.62. The van der Waals surface area contributed by atoms with Crippen LogP contribution in [0.2, 0.25) is 0 Å². The lowest BCUT2D eigenvalue weighted by molar-refractivity contribution is -0.121. The van der Waals surface area contributed by atoms with Crippen LogP contribution in [0.15, 0.2) is 22.7 Å². The Morgan fingerprint density at radius 3 is 2.90 bits per heavy atom. The van der Waals surface area contributed by atoms with Crippen LogP contribution in [0.25, 0.3) is 0 Å². The van der Waals surface area contributed by atoms with Crippen LogP contribution in [0.4, 0.5) is 0 Å². The molecule has 4 nitrogen and oxygen atoms in total. The van der Waals surface area contributed by atoms with Crippen molar-refractivity contribution in [2.75, 3.05) is 13.7 Å². The third-order valence-corrected chi connectivity index (χ3v) is 4.64. The summed E-state index contributed by atoms with van der Waals surface area (Å²) in [6, 6.07) is 5.93. The van der Waals surface area contributed by atoms with E-state index in [2.05, 4.69) is 21.2 Å². The predicted octanol–water partition coefficient (Wildman–Crippen LogP) is 2.63. The van der Waals surface area contributed by atoms with Crippen LogP contribution in [-0.4, -0.2) is 25.6 Å². The highest BCUT2D eigenvalue weighted by atomic mass is 79.9. The van der Waals surface area contributed by atoms with Gasteiger partial charge in [-0.15, -0.1) is 0 Å². The Kier molecular flexibility index (Phi) is 6.06. The molecular formula is C16H23BrN2O2. The van der Waals surface area contributed by atoms with Gasteiger partial charge < -0.3 is 15.8 Å². The molecule has 0 aromatic heterocycles. The molecule has 0 aliphatic heterocycles. The molecule has 5 heteroatoms. The molecule has 0 spiro atoms. The van der Waals surface area contributed by atoms with Gasteiger partial charge >= 0.3 is 0 Å². The van der Waals surface area contributed by atoms with Gasteiger partial charge in [0.15, 0.2) is 0 Å². The highest BCUT2D eigenvalue weighted by Gasteiger charge is 2.25. The first kappa shape index (κ1) is 16.3. The average Bonchev–Trinajstić information content (AvgIpc) is 2.48. The minimum absolute atomic E-state index is 0.0387. The molecule has 2 atom stereocenters. The summed E-state index contributed by atoms with van der Waals surface area (Å²) in [6.07, 6.45) is 4.86. The number of hydrogen-bond acceptors (Lipinski definition) is 3. The molecule has 1 amide bonds. The normalized spacial score (nSPS) is 21.9. The van der Waals surface area contributed by atoms with Gasteiger partial charge in [-0.2, -0.15) is 0 Å². The lowest BCUT2D eigenvalue weighted by atomic mass is 9.84. The molecule has 0 heterocycles. The summed E-state index contributed by atoms with van der Waals surface area (Å²) < 4.78 is 6.26. The lowest BCUT2D eigenvalue weighted by Gasteiger charge is -2.31. The number of nitrogens with two attached hydrogens (primary N) is 1. The van der Waals surface area contributed by atoms with Gasteiger partial charge in [-0.1, -0.05) is 28.8 Å². The van der Waals surface area contributed by atoms with Crippen LogP contribution in [0.5, 0.6) is 5.75 Å². The third-order valence-electron chi connectivity index (χ3n) is 4.15. The van der Waals surface area contributed by atoms with Crippen molar-refractivity contribution >= 4 is 21.8 Å². The Bertz CT molecular complexity index is 493. The zero-order valence-electron chi connectivity index (χ0n) is 12.4. The minimum atomic E-state index is 0.0387. The molecular weight excluding hydrogens is 332 g/mol. The standard InChI is InChI=1S/C16H23BrN2O2/c1-21-15-7-6-13(17)8-12(15)9-16(20)19-14-5-3-2-4-11(14)10-18/h6-8,11,14H,2-5,9-10,18H2,1H3,(H,19,20). The van der Waals surface area contributed by atoms with E-state index < -0.39 is 0 Å². The molecule has 21 heavy (non-hydrogen) atoms. The summed E-state index contributed by atoms with van der Waals surface area (Å²) in [5.74, 6) is 1.19. The van der Waals surface area contributed by atoms with Gasteiger partial charge in [-0.25, -0.2) is 0 Å². The van der Waals surface area contributed by atoms with Gasteiger partial charge in [0, 0.05) is 16.1 Å². The topological polar surface area (TPSA) is 64.3 Å². The van der Waals surface area contributed by atoms with Crippen LogP contribution >= 0.6 is 15.9 Å². The second-order valence-electron chi connectivity index (χ2n) is 5.59. The smallest absolute Gasteiger partial charge is 0.224 e. The molecule has 1 aliphatic rings. The molecule has 1 aromatic carbocycles. The third kappa shape index (κ3) is 4.45. The van der Waals surface area contributed by atoms with Crippen molar-refractivity contribution in [2.24, 2.45) is 11.7 Å². The molecule has 116 valence electrons. The molecule has 2 unspecified atom stereocenters. The van der Waals surface area contributed by atoms with Crippen molar-refractivity contribution in [1.29, 1.82) is 0 Å². The van der Waals surface area contributed by atoms with Crippen molar-refractivity contribution in [2.45, 2.75) is 38.1 Å². The Morgan fingerprint density at radius 1 is 1.43 bits per heavy atom. The van der Waals surface area contributed by atoms with E-state index in [1.807, 2.05) is 18.2 Å². The zero-order chi connectivity index (χ0) is 15.2. The van der Waals surface area contributed by atoms with Crippen molar-refractivity contribution in [3.05, 3.63) is 28.2 Å². The monoisotopic (exact) mass is 354 g/mol. The molecule has 0 saturated heterocycles. The number of ether oxygens (including phenoxy) is 1. The van der Waals surface area contributed by atoms with Crippen molar-refractivity contribution in [1.82, 2.24) is 5.32 Å². The van der Waals surface area contributed by atoms with Crippen LogP contribution in [0.1, 0.15) is 31.2 Å². The fraction of sp³-hybridized carbons (Fsp3) is 0.562. The molecule has 1 aliphatic carbocycles. The summed E-state index contributed by atoms with van der Waals surface area (Å²) in [6.45, 7) is 0.644. The van der Waals surface area contributed by atoms with E-state index in [9.17, 15) is 4.79 Å². The van der Waals surface area contributed by atoms with Crippen molar-refractivity contribution < 1.29 is 9.53 Å². The highest BCUT2D eigenvalue weighted by molar-refractivity contribution is 9.10. The van der Waals surface area contributed by atoms with E-state index in [4.69, 9.17) is 10.5 Å². The Morgan fingerprint density at radius 2 is 2.19 bits per heavy atom. The van der Waals surface area contributed by atoms with Gasteiger partial charge in [0.1, 0.15) is 5.75 Å². The van der Waals surface area contributed by atoms with E-state index >= 15 is 0 Å². The quantitative estimate of drug-likeness (QED) is 0.854. The van der Waals surface area contributed by atoms with E-state index in [1.165, 1.54) is 12.8 Å². The molecule has 0 radical (unpaired) electrons. The van der Waals surface area contributed by atoms with Gasteiger partial charge in [0.25, 0.3) is 0 Å². The van der Waals surface area contributed by atoms with E-state index in [0.717, 1.165) is 28.6 Å². The van der Waals surface area contributed by atoms with Crippen LogP contribution in [-0.2, 0) is 11.2 Å². The Labute approximate surface area is 134 Å². The van der Waals surface area contributed by atoms with Gasteiger partial charge in [0.2, 0.25) is 5.91 Å². The summed E-state index contributed by atoms with van der Waals surface area (Å²) in [5, 5.41) is 3.15. The van der Waals surface area contributed by atoms with E-state index in [0.29, 0.717) is 18.9 Å². The maximum atomic E-state index is 12.3. The van der Waals surface area contributed by atoms with Crippen molar-refractivity contribution in [3.63, 3.8) is 0 Å². The molecule has 0 bridgehead atoms. The predicted molar refractivity (Wildman–Crippen MR) is 87.3 cm³/mol. The number of rotatable bonds is 5. The molecule has 1 saturated carbocycles. The number of carbonyl (C=O) groups is 1. The number of hydrogen-bond donors (Lipinski definition) is 2. The first-order chi connectivity index (χ1) is 10.1. The largest absolute Gasteiger partial charge is 0.496 e. The molecule has 2 rings (SSSR count). The number of nitrogens with one attached hydrogen (secondary N) is 1. The second-order valence-corrected chi connectivity index (χ2v) is 6.50. The molecule has 1 fully saturated rings. The van der Waals surface area contributed by atoms with Crippen LogP contribution in [0, 0.1) is 5.92 Å². The summed E-state index contributed by atoms with van der Waals surface area (Å²) in [4.78, 5) is 12.3. The highest BCUT2D eigenvalue weighted by Crippen LogP contribution is 2.25. The van der Waals surface area contributed by atoms with E-state index in [1.54, 1.807) is 7.11 Å². The van der Waals surface area contributed by atoms with Gasteiger partial charge in [-0.3, -0.25) is 4.79 Å². The minimum Gasteiger partial charge on any atom is -0.496 e. The lowest BCUT2D eigenvalue weighted by Crippen LogP contribution is -2.45. The second kappa shape index (κ2) is 7.80. The zero-order valence-corrected chi connectivity index (χ0v) is 14.0. The Balaban J connectivity index is 1.99. The maximum Gasteiger partial charge on any atom is 0.224 e. The SMILES string of the molecule is COc1ccc(Br)cc1CC(=O)NC1CCCCC1CN. The van der Waals surface area contributed by atoms with Gasteiger partial charge in [-0.05, 0) is 43.5 Å². The maximum absolute atomic E-state index is 12.3. The number of halogens is 1.